The lowest BCUT2D eigenvalue weighted by Gasteiger charge is -2.06. The van der Waals surface area contributed by atoms with Gasteiger partial charge >= 0.3 is 0 Å². The van der Waals surface area contributed by atoms with E-state index < -0.39 is 10.7 Å². The van der Waals surface area contributed by atoms with E-state index in [1.165, 1.54) is 6.07 Å². The van der Waals surface area contributed by atoms with E-state index in [1.54, 1.807) is 24.3 Å². The minimum atomic E-state index is -0.713. The minimum Gasteiger partial charge on any atom is -0.489 e. The molecule has 0 fully saturated rings. The Bertz CT molecular complexity index is 619. The first kappa shape index (κ1) is 13.3. The first-order valence-corrected chi connectivity index (χ1v) is 5.74. The fraction of sp³-hybridized carbons (Fsp3) is 0.0769. The normalized spacial score (nSPS) is 10.2. The highest BCUT2D eigenvalue weighted by molar-refractivity contribution is 6.30. The van der Waals surface area contributed by atoms with Crippen LogP contribution in [0.3, 0.4) is 0 Å². The highest BCUT2D eigenvalue weighted by atomic mass is 35.5. The van der Waals surface area contributed by atoms with E-state index in [9.17, 15) is 14.5 Å². The molecule has 0 aliphatic carbocycles. The number of halogens is 2. The van der Waals surface area contributed by atoms with Crippen LogP contribution in [0.4, 0.5) is 10.1 Å². The van der Waals surface area contributed by atoms with Crippen molar-refractivity contribution in [1.29, 1.82) is 0 Å². The molecule has 4 nitrogen and oxygen atoms in total. The number of hydrogen-bond donors (Lipinski definition) is 0. The largest absolute Gasteiger partial charge is 0.489 e. The fourth-order valence-corrected chi connectivity index (χ4v) is 1.74. The first-order valence-electron chi connectivity index (χ1n) is 5.37. The van der Waals surface area contributed by atoms with Gasteiger partial charge in [-0.2, -0.15) is 0 Å². The number of nitrogens with zero attached hydrogens (tertiary/aromatic N) is 1. The molecule has 19 heavy (non-hydrogen) atoms. The van der Waals surface area contributed by atoms with Crippen molar-refractivity contribution in [2.24, 2.45) is 0 Å². The van der Waals surface area contributed by atoms with Crippen molar-refractivity contribution in [2.45, 2.75) is 6.61 Å². The number of non-ortho nitro benzene ring substituents is 1. The van der Waals surface area contributed by atoms with Gasteiger partial charge in [0.25, 0.3) is 5.69 Å². The summed E-state index contributed by atoms with van der Waals surface area (Å²) in [6.45, 7) is 0.154. The highest BCUT2D eigenvalue weighted by Gasteiger charge is 2.10. The predicted molar refractivity (Wildman–Crippen MR) is 68.8 cm³/mol. The van der Waals surface area contributed by atoms with Crippen LogP contribution in [-0.4, -0.2) is 4.92 Å². The third kappa shape index (κ3) is 3.66. The molecule has 0 spiro atoms. The number of hydrogen-bond acceptors (Lipinski definition) is 3. The van der Waals surface area contributed by atoms with Crippen molar-refractivity contribution >= 4 is 17.3 Å². The highest BCUT2D eigenvalue weighted by Crippen LogP contribution is 2.23. The maximum Gasteiger partial charge on any atom is 0.276 e. The van der Waals surface area contributed by atoms with Crippen molar-refractivity contribution in [2.75, 3.05) is 0 Å². The maximum atomic E-state index is 13.2. The van der Waals surface area contributed by atoms with E-state index in [0.717, 1.165) is 17.7 Å². The van der Waals surface area contributed by atoms with Crippen molar-refractivity contribution in [3.63, 3.8) is 0 Å². The van der Waals surface area contributed by atoms with E-state index in [4.69, 9.17) is 16.3 Å². The number of nitro groups is 1. The van der Waals surface area contributed by atoms with Crippen LogP contribution in [0.5, 0.6) is 5.75 Å². The lowest BCUT2D eigenvalue weighted by Crippen LogP contribution is -1.97. The second kappa shape index (κ2) is 5.67. The Morgan fingerprint density at radius 2 is 2.05 bits per heavy atom. The van der Waals surface area contributed by atoms with Crippen molar-refractivity contribution in [3.8, 4) is 5.75 Å². The van der Waals surface area contributed by atoms with E-state index in [1.807, 2.05) is 0 Å². The van der Waals surface area contributed by atoms with Crippen LogP contribution in [0.25, 0.3) is 0 Å². The van der Waals surface area contributed by atoms with Crippen LogP contribution in [0.15, 0.2) is 42.5 Å². The summed E-state index contributed by atoms with van der Waals surface area (Å²) >= 11 is 5.81. The molecule has 0 saturated carbocycles. The summed E-state index contributed by atoms with van der Waals surface area (Å²) in [5, 5.41) is 11.2. The molecule has 2 rings (SSSR count). The second-order valence-corrected chi connectivity index (χ2v) is 4.26. The summed E-state index contributed by atoms with van der Waals surface area (Å²) in [7, 11) is 0. The Balaban J connectivity index is 2.13. The summed E-state index contributed by atoms with van der Waals surface area (Å²) in [5.74, 6) is -0.609. The summed E-state index contributed by atoms with van der Waals surface area (Å²) in [5.41, 5.74) is 0.445. The molecule has 0 radical (unpaired) electrons. The minimum absolute atomic E-state index is 0.103. The van der Waals surface area contributed by atoms with Gasteiger partial charge in [0, 0.05) is 11.1 Å². The van der Waals surface area contributed by atoms with Crippen LogP contribution in [0.2, 0.25) is 5.02 Å². The van der Waals surface area contributed by atoms with Gasteiger partial charge in [-0.3, -0.25) is 10.1 Å². The molecule has 2 aromatic rings. The molecule has 0 heterocycles. The monoisotopic (exact) mass is 281 g/mol. The molecule has 0 unspecified atom stereocenters. The Kier molecular flexibility index (Phi) is 3.97. The van der Waals surface area contributed by atoms with E-state index >= 15 is 0 Å². The first-order chi connectivity index (χ1) is 9.04. The number of benzene rings is 2. The number of ether oxygens (including phenoxy) is 1. The third-order valence-electron chi connectivity index (χ3n) is 2.36. The Labute approximate surface area is 113 Å². The molecule has 0 amide bonds. The zero-order valence-corrected chi connectivity index (χ0v) is 10.4. The van der Waals surface area contributed by atoms with Gasteiger partial charge < -0.3 is 4.74 Å². The molecule has 2 aromatic carbocycles. The van der Waals surface area contributed by atoms with Gasteiger partial charge in [0.05, 0.1) is 17.1 Å². The second-order valence-electron chi connectivity index (χ2n) is 3.82. The van der Waals surface area contributed by atoms with Gasteiger partial charge in [0.15, 0.2) is 0 Å². The van der Waals surface area contributed by atoms with Crippen molar-refractivity contribution in [3.05, 3.63) is 69.0 Å². The van der Waals surface area contributed by atoms with Crippen LogP contribution in [0, 0.1) is 15.9 Å². The predicted octanol–water partition coefficient (Wildman–Crippen LogP) is 3.97. The fourth-order valence-electron chi connectivity index (χ4n) is 1.53. The molecular weight excluding hydrogens is 273 g/mol. The van der Waals surface area contributed by atoms with Gasteiger partial charge in [0.1, 0.15) is 18.2 Å². The zero-order chi connectivity index (χ0) is 13.8. The van der Waals surface area contributed by atoms with Gasteiger partial charge in [0.2, 0.25) is 0 Å². The molecule has 0 aliphatic rings. The summed E-state index contributed by atoms with van der Waals surface area (Å²) < 4.78 is 18.5. The number of rotatable bonds is 4. The van der Waals surface area contributed by atoms with E-state index in [0.29, 0.717) is 5.02 Å². The SMILES string of the molecule is O=[N+]([O-])c1cc(F)cc(OCc2cccc(Cl)c2)c1. The Morgan fingerprint density at radius 1 is 1.26 bits per heavy atom. The average Bonchev–Trinajstić information content (AvgIpc) is 2.36. The molecule has 0 atom stereocenters. The maximum absolute atomic E-state index is 13.2. The molecule has 0 aliphatic heterocycles. The van der Waals surface area contributed by atoms with E-state index in [2.05, 4.69) is 0 Å². The van der Waals surface area contributed by atoms with Gasteiger partial charge in [-0.05, 0) is 17.7 Å². The number of nitro benzene ring substituents is 1. The molecular formula is C13H9ClFNO3. The zero-order valence-electron chi connectivity index (χ0n) is 9.68. The quantitative estimate of drug-likeness (QED) is 0.629. The summed E-state index contributed by atoms with van der Waals surface area (Å²) in [6, 6.07) is 10.1. The molecule has 0 N–H and O–H groups in total. The van der Waals surface area contributed by atoms with Crippen molar-refractivity contribution < 1.29 is 14.1 Å². The van der Waals surface area contributed by atoms with Gasteiger partial charge in [-0.1, -0.05) is 23.7 Å². The molecule has 0 saturated heterocycles. The van der Waals surface area contributed by atoms with Gasteiger partial charge in [-0.15, -0.1) is 0 Å². The van der Waals surface area contributed by atoms with Crippen LogP contribution >= 0.6 is 11.6 Å². The smallest absolute Gasteiger partial charge is 0.276 e. The molecule has 0 bridgehead atoms. The standard InChI is InChI=1S/C13H9ClFNO3/c14-10-3-1-2-9(4-10)8-19-13-6-11(15)5-12(7-13)16(17)18/h1-7H,8H2. The lowest BCUT2D eigenvalue weighted by atomic mass is 10.2. The Morgan fingerprint density at radius 3 is 2.74 bits per heavy atom. The Hall–Kier alpha value is -2.14. The van der Waals surface area contributed by atoms with E-state index in [-0.39, 0.29) is 18.0 Å². The van der Waals surface area contributed by atoms with Crippen LogP contribution < -0.4 is 4.74 Å². The van der Waals surface area contributed by atoms with Crippen molar-refractivity contribution in [1.82, 2.24) is 0 Å². The summed E-state index contributed by atoms with van der Waals surface area (Å²) in [6.07, 6.45) is 0. The molecule has 6 heteroatoms. The topological polar surface area (TPSA) is 52.4 Å². The summed E-state index contributed by atoms with van der Waals surface area (Å²) in [4.78, 5) is 9.92. The lowest BCUT2D eigenvalue weighted by molar-refractivity contribution is -0.385. The average molecular weight is 282 g/mol. The molecule has 98 valence electrons. The van der Waals surface area contributed by atoms with Gasteiger partial charge in [-0.25, -0.2) is 4.39 Å². The van der Waals surface area contributed by atoms with Crippen LogP contribution in [0.1, 0.15) is 5.56 Å². The third-order valence-corrected chi connectivity index (χ3v) is 2.60. The van der Waals surface area contributed by atoms with Crippen LogP contribution in [-0.2, 0) is 6.61 Å². The molecule has 0 aromatic heterocycles.